The van der Waals surface area contributed by atoms with E-state index in [-0.39, 0.29) is 17.3 Å². The van der Waals surface area contributed by atoms with Gasteiger partial charge in [-0.25, -0.2) is 14.0 Å². The van der Waals surface area contributed by atoms with Gasteiger partial charge in [-0.3, -0.25) is 5.32 Å². The van der Waals surface area contributed by atoms with E-state index in [9.17, 15) is 14.0 Å². The van der Waals surface area contributed by atoms with Crippen molar-refractivity contribution in [1.29, 1.82) is 0 Å². The molecule has 0 saturated heterocycles. The molecule has 0 aliphatic rings. The molecule has 0 unspecified atom stereocenters. The van der Waals surface area contributed by atoms with Crippen molar-refractivity contribution in [3.8, 4) is 0 Å². The van der Waals surface area contributed by atoms with Gasteiger partial charge in [-0.05, 0) is 12.1 Å². The predicted octanol–water partition coefficient (Wildman–Crippen LogP) is 2.91. The second kappa shape index (κ2) is 6.02. The molecule has 1 aromatic rings. The summed E-state index contributed by atoms with van der Waals surface area (Å²) in [5.41, 5.74) is -0.962. The average molecular weight is 274 g/mol. The van der Waals surface area contributed by atoms with E-state index in [1.807, 2.05) is 0 Å². The maximum Gasteiger partial charge on any atom is 0.411 e. The molecule has 0 aliphatic carbocycles. The van der Waals surface area contributed by atoms with Crippen LogP contribution in [0.4, 0.5) is 14.9 Å². The molecule has 2 N–H and O–H groups in total. The predicted molar refractivity (Wildman–Crippen MR) is 63.5 cm³/mol. The first-order valence-electron chi connectivity index (χ1n) is 4.73. The zero-order valence-corrected chi connectivity index (χ0v) is 9.83. The molecule has 1 amide bonds. The van der Waals surface area contributed by atoms with Crippen molar-refractivity contribution in [2.24, 2.45) is 0 Å². The number of carboxylic acid groups (broad SMARTS) is 1. The van der Waals surface area contributed by atoms with Crippen molar-refractivity contribution in [2.45, 2.75) is 0 Å². The van der Waals surface area contributed by atoms with Crippen molar-refractivity contribution in [2.75, 3.05) is 11.9 Å². The lowest BCUT2D eigenvalue weighted by atomic mass is 10.1. The summed E-state index contributed by atoms with van der Waals surface area (Å²) in [6.07, 6.45) is 0.416. The maximum absolute atomic E-state index is 13.5. The molecule has 0 aliphatic heterocycles. The van der Waals surface area contributed by atoms with E-state index in [1.54, 1.807) is 0 Å². The molecule has 1 aromatic carbocycles. The van der Waals surface area contributed by atoms with Gasteiger partial charge in [0.05, 0.1) is 10.7 Å². The minimum atomic E-state index is -1.55. The average Bonchev–Trinajstić information content (AvgIpc) is 2.31. The first-order chi connectivity index (χ1) is 8.47. The lowest BCUT2D eigenvalue weighted by molar-refractivity contribution is 0.0693. The Kier molecular flexibility index (Phi) is 4.67. The molecule has 0 atom stereocenters. The van der Waals surface area contributed by atoms with Crippen LogP contribution in [0.5, 0.6) is 0 Å². The van der Waals surface area contributed by atoms with Crippen LogP contribution in [0.25, 0.3) is 0 Å². The van der Waals surface area contributed by atoms with E-state index in [4.69, 9.17) is 16.7 Å². The van der Waals surface area contributed by atoms with Crippen LogP contribution in [-0.4, -0.2) is 23.8 Å². The van der Waals surface area contributed by atoms with Crippen LogP contribution in [0.2, 0.25) is 5.02 Å². The summed E-state index contributed by atoms with van der Waals surface area (Å²) < 4.78 is 18.1. The van der Waals surface area contributed by atoms with E-state index < -0.39 is 23.4 Å². The highest BCUT2D eigenvalue weighted by Gasteiger charge is 2.20. The lowest BCUT2D eigenvalue weighted by Crippen LogP contribution is -2.17. The molecule has 18 heavy (non-hydrogen) atoms. The van der Waals surface area contributed by atoms with Crippen LogP contribution in [-0.2, 0) is 4.74 Å². The van der Waals surface area contributed by atoms with Gasteiger partial charge in [0.25, 0.3) is 0 Å². The second-order valence-corrected chi connectivity index (χ2v) is 3.51. The van der Waals surface area contributed by atoms with E-state index in [1.165, 1.54) is 12.1 Å². The highest BCUT2D eigenvalue weighted by Crippen LogP contribution is 2.25. The van der Waals surface area contributed by atoms with Crippen molar-refractivity contribution in [3.63, 3.8) is 0 Å². The Hall–Kier alpha value is -2.08. The molecule has 0 aromatic heterocycles. The van der Waals surface area contributed by atoms with Gasteiger partial charge in [0.2, 0.25) is 0 Å². The number of rotatable bonds is 4. The number of hydrogen-bond acceptors (Lipinski definition) is 3. The minimum Gasteiger partial charge on any atom is -0.478 e. The summed E-state index contributed by atoms with van der Waals surface area (Å²) in [7, 11) is 0. The fourth-order valence-electron chi connectivity index (χ4n) is 1.14. The first kappa shape index (κ1) is 14.0. The van der Waals surface area contributed by atoms with Gasteiger partial charge in [0.15, 0.2) is 5.82 Å². The number of benzene rings is 1. The molecule has 0 heterocycles. The molecule has 0 radical (unpaired) electrons. The second-order valence-electron chi connectivity index (χ2n) is 3.10. The Bertz CT molecular complexity index is 504. The summed E-state index contributed by atoms with van der Waals surface area (Å²) in [5.74, 6) is -2.67. The van der Waals surface area contributed by atoms with Gasteiger partial charge in [-0.15, -0.1) is 0 Å². The number of ether oxygens (including phenoxy) is 1. The maximum atomic E-state index is 13.5. The van der Waals surface area contributed by atoms with Gasteiger partial charge in [0, 0.05) is 0 Å². The summed E-state index contributed by atoms with van der Waals surface area (Å²) in [5, 5.41) is 10.6. The third-order valence-electron chi connectivity index (χ3n) is 1.88. The van der Waals surface area contributed by atoms with Crippen molar-refractivity contribution < 1.29 is 23.8 Å². The quantitative estimate of drug-likeness (QED) is 0.827. The number of amides is 1. The topological polar surface area (TPSA) is 75.6 Å². The Morgan fingerprint density at radius 1 is 1.56 bits per heavy atom. The molecule has 7 heteroatoms. The number of halogens is 2. The number of anilines is 1. The minimum absolute atomic E-state index is 0.0513. The molecular weight excluding hydrogens is 265 g/mol. The largest absolute Gasteiger partial charge is 0.478 e. The van der Waals surface area contributed by atoms with E-state index in [2.05, 4.69) is 16.6 Å². The monoisotopic (exact) mass is 273 g/mol. The third-order valence-corrected chi connectivity index (χ3v) is 2.17. The van der Waals surface area contributed by atoms with E-state index in [0.717, 1.165) is 6.07 Å². The fourth-order valence-corrected chi connectivity index (χ4v) is 1.30. The Morgan fingerprint density at radius 3 is 2.78 bits per heavy atom. The fraction of sp³-hybridized carbons (Fsp3) is 0.0909. The molecule has 0 fully saturated rings. The van der Waals surface area contributed by atoms with Crippen LogP contribution < -0.4 is 5.32 Å². The van der Waals surface area contributed by atoms with Gasteiger partial charge >= 0.3 is 12.1 Å². The highest BCUT2D eigenvalue weighted by molar-refractivity contribution is 6.31. The molecule has 0 spiro atoms. The van der Waals surface area contributed by atoms with Gasteiger partial charge in [0.1, 0.15) is 12.2 Å². The van der Waals surface area contributed by atoms with Gasteiger partial charge in [-0.2, -0.15) is 0 Å². The SMILES string of the molecule is C=CCOC(=O)Nc1ccc(Cl)c(F)c1C(=O)O. The number of carbonyl (C=O) groups is 2. The standard InChI is InChI=1S/C11H9ClFNO4/c1-2-5-18-11(17)14-7-4-3-6(12)9(13)8(7)10(15)16/h2-4H,1,5H2,(H,14,17)(H,15,16). The van der Waals surface area contributed by atoms with Crippen LogP contribution in [0.1, 0.15) is 10.4 Å². The van der Waals surface area contributed by atoms with Crippen LogP contribution in [0.15, 0.2) is 24.8 Å². The zero-order valence-electron chi connectivity index (χ0n) is 9.07. The third kappa shape index (κ3) is 3.21. The molecule has 1 rings (SSSR count). The summed E-state index contributed by atoms with van der Waals surface area (Å²) in [6, 6.07) is 2.30. The normalized spacial score (nSPS) is 9.67. The Labute approximate surface area is 107 Å². The van der Waals surface area contributed by atoms with Gasteiger partial charge in [-0.1, -0.05) is 24.3 Å². The van der Waals surface area contributed by atoms with Crippen LogP contribution in [0, 0.1) is 5.82 Å². The van der Waals surface area contributed by atoms with E-state index in [0.29, 0.717) is 0 Å². The van der Waals surface area contributed by atoms with Crippen molar-refractivity contribution in [1.82, 2.24) is 0 Å². The highest BCUT2D eigenvalue weighted by atomic mass is 35.5. The molecule has 0 saturated carbocycles. The van der Waals surface area contributed by atoms with Crippen molar-refractivity contribution in [3.05, 3.63) is 41.2 Å². The molecule has 0 bridgehead atoms. The van der Waals surface area contributed by atoms with Crippen LogP contribution >= 0.6 is 11.6 Å². The molecular formula is C11H9ClFNO4. The zero-order chi connectivity index (χ0) is 13.7. The molecule has 5 nitrogen and oxygen atoms in total. The Balaban J connectivity index is 3.02. The summed E-state index contributed by atoms with van der Waals surface area (Å²) >= 11 is 5.45. The number of hydrogen-bond donors (Lipinski definition) is 2. The van der Waals surface area contributed by atoms with Crippen molar-refractivity contribution >= 4 is 29.4 Å². The van der Waals surface area contributed by atoms with Crippen LogP contribution in [0.3, 0.4) is 0 Å². The number of carboxylic acids is 1. The first-order valence-corrected chi connectivity index (χ1v) is 5.11. The lowest BCUT2D eigenvalue weighted by Gasteiger charge is -2.09. The summed E-state index contributed by atoms with van der Waals surface area (Å²) in [6.45, 7) is 3.28. The Morgan fingerprint density at radius 2 is 2.22 bits per heavy atom. The van der Waals surface area contributed by atoms with E-state index >= 15 is 0 Å². The van der Waals surface area contributed by atoms with Gasteiger partial charge < -0.3 is 9.84 Å². The number of carbonyl (C=O) groups excluding carboxylic acids is 1. The number of aromatic carboxylic acids is 1. The summed E-state index contributed by atoms with van der Waals surface area (Å²) in [4.78, 5) is 22.1. The smallest absolute Gasteiger partial charge is 0.411 e. The molecule has 96 valence electrons. The number of nitrogens with one attached hydrogen (secondary N) is 1.